The van der Waals surface area contributed by atoms with Gasteiger partial charge in [0, 0.05) is 17.8 Å². The number of hydrogen-bond acceptors (Lipinski definition) is 4. The first-order chi connectivity index (χ1) is 13.6. The van der Waals surface area contributed by atoms with Gasteiger partial charge in [0.25, 0.3) is 0 Å². The zero-order valence-corrected chi connectivity index (χ0v) is 16.4. The van der Waals surface area contributed by atoms with E-state index in [1.807, 2.05) is 30.3 Å². The molecule has 0 aromatic heterocycles. The van der Waals surface area contributed by atoms with Crippen molar-refractivity contribution in [2.75, 3.05) is 19.5 Å². The van der Waals surface area contributed by atoms with Gasteiger partial charge < -0.3 is 19.5 Å². The average Bonchev–Trinajstić information content (AvgIpc) is 2.72. The van der Waals surface area contributed by atoms with E-state index in [4.69, 9.17) is 25.8 Å². The first kappa shape index (κ1) is 19.8. The van der Waals surface area contributed by atoms with E-state index in [2.05, 4.69) is 5.32 Å². The number of methoxy groups -OCH3 is 2. The summed E-state index contributed by atoms with van der Waals surface area (Å²) in [6, 6.07) is 17.4. The molecule has 0 bridgehead atoms. The van der Waals surface area contributed by atoms with E-state index in [0.717, 1.165) is 16.8 Å². The smallest absolute Gasteiger partial charge is 0.166 e. The zero-order chi connectivity index (χ0) is 19.9. The van der Waals surface area contributed by atoms with Crippen LogP contribution in [0.4, 0.5) is 10.1 Å². The van der Waals surface area contributed by atoms with E-state index < -0.39 is 0 Å². The summed E-state index contributed by atoms with van der Waals surface area (Å²) >= 11 is 6.18. The highest BCUT2D eigenvalue weighted by Gasteiger charge is 2.11. The maximum Gasteiger partial charge on any atom is 0.166 e. The van der Waals surface area contributed by atoms with Crippen LogP contribution in [-0.4, -0.2) is 14.2 Å². The van der Waals surface area contributed by atoms with E-state index in [1.54, 1.807) is 32.4 Å². The van der Waals surface area contributed by atoms with Crippen molar-refractivity contribution in [1.82, 2.24) is 0 Å². The molecule has 0 unspecified atom stereocenters. The first-order valence-electron chi connectivity index (χ1n) is 8.71. The molecule has 0 aliphatic carbocycles. The summed E-state index contributed by atoms with van der Waals surface area (Å²) in [6.07, 6.45) is 0. The van der Waals surface area contributed by atoms with Crippen molar-refractivity contribution >= 4 is 17.3 Å². The molecule has 6 heteroatoms. The standard InChI is InChI=1S/C22H21ClFNO3/c1-26-20-11-10-18(12-19(20)23)25-13-16-4-3-5-21(27-2)22(16)28-14-15-6-8-17(24)9-7-15/h3-12,25H,13-14H2,1-2H3. The van der Waals surface area contributed by atoms with E-state index in [9.17, 15) is 4.39 Å². The molecule has 28 heavy (non-hydrogen) atoms. The van der Waals surface area contributed by atoms with Gasteiger partial charge in [-0.1, -0.05) is 35.9 Å². The molecule has 3 rings (SSSR count). The van der Waals surface area contributed by atoms with Crippen LogP contribution in [0.3, 0.4) is 0 Å². The first-order valence-corrected chi connectivity index (χ1v) is 9.09. The SMILES string of the molecule is COc1ccc(NCc2cccc(OC)c2OCc2ccc(F)cc2)cc1Cl. The molecule has 3 aromatic carbocycles. The van der Waals surface area contributed by atoms with Crippen LogP contribution in [0.15, 0.2) is 60.7 Å². The molecule has 4 nitrogen and oxygen atoms in total. The number of para-hydroxylation sites is 1. The van der Waals surface area contributed by atoms with Crippen molar-refractivity contribution in [1.29, 1.82) is 0 Å². The van der Waals surface area contributed by atoms with Crippen LogP contribution in [0.1, 0.15) is 11.1 Å². The van der Waals surface area contributed by atoms with Crippen LogP contribution in [0.25, 0.3) is 0 Å². The van der Waals surface area contributed by atoms with Gasteiger partial charge in [-0.15, -0.1) is 0 Å². The normalized spacial score (nSPS) is 10.4. The molecule has 0 saturated heterocycles. The predicted molar refractivity (Wildman–Crippen MR) is 109 cm³/mol. The highest BCUT2D eigenvalue weighted by Crippen LogP contribution is 2.33. The number of anilines is 1. The molecule has 1 N–H and O–H groups in total. The molecule has 0 saturated carbocycles. The minimum Gasteiger partial charge on any atom is -0.495 e. The van der Waals surface area contributed by atoms with Gasteiger partial charge in [-0.2, -0.15) is 0 Å². The van der Waals surface area contributed by atoms with Gasteiger partial charge in [-0.05, 0) is 42.0 Å². The van der Waals surface area contributed by atoms with Crippen LogP contribution >= 0.6 is 11.6 Å². The lowest BCUT2D eigenvalue weighted by atomic mass is 10.1. The summed E-state index contributed by atoms with van der Waals surface area (Å²) in [5, 5.41) is 3.86. The molecular formula is C22H21ClFNO3. The van der Waals surface area contributed by atoms with Crippen LogP contribution in [0.5, 0.6) is 17.2 Å². The Kier molecular flexibility index (Phi) is 6.61. The quantitative estimate of drug-likeness (QED) is 0.526. The molecule has 0 heterocycles. The molecule has 146 valence electrons. The number of ether oxygens (including phenoxy) is 3. The molecule has 0 atom stereocenters. The summed E-state index contributed by atoms with van der Waals surface area (Å²) < 4.78 is 29.7. The van der Waals surface area contributed by atoms with Crippen molar-refractivity contribution in [3.05, 3.63) is 82.6 Å². The lowest BCUT2D eigenvalue weighted by Crippen LogP contribution is -2.05. The van der Waals surface area contributed by atoms with Gasteiger partial charge in [0.2, 0.25) is 0 Å². The van der Waals surface area contributed by atoms with Gasteiger partial charge >= 0.3 is 0 Å². The third-order valence-corrected chi connectivity index (χ3v) is 4.51. The van der Waals surface area contributed by atoms with Gasteiger partial charge in [-0.25, -0.2) is 4.39 Å². The van der Waals surface area contributed by atoms with Gasteiger partial charge in [-0.3, -0.25) is 0 Å². The largest absolute Gasteiger partial charge is 0.495 e. The van der Waals surface area contributed by atoms with Crippen molar-refractivity contribution in [2.24, 2.45) is 0 Å². The second kappa shape index (κ2) is 9.33. The lowest BCUT2D eigenvalue weighted by Gasteiger charge is -2.16. The maximum absolute atomic E-state index is 13.1. The summed E-state index contributed by atoms with van der Waals surface area (Å²) in [5.74, 6) is 1.62. The third kappa shape index (κ3) is 4.87. The molecule has 0 aliphatic rings. The summed E-state index contributed by atoms with van der Waals surface area (Å²) in [4.78, 5) is 0. The molecule has 0 spiro atoms. The molecule has 0 fully saturated rings. The summed E-state index contributed by atoms with van der Waals surface area (Å²) in [6.45, 7) is 0.820. The number of rotatable bonds is 8. The molecular weight excluding hydrogens is 381 g/mol. The van der Waals surface area contributed by atoms with Crippen LogP contribution < -0.4 is 19.5 Å². The Morgan fingerprint density at radius 1 is 0.929 bits per heavy atom. The highest BCUT2D eigenvalue weighted by atomic mass is 35.5. The minimum absolute atomic E-state index is 0.274. The van der Waals surface area contributed by atoms with Gasteiger partial charge in [0.05, 0.1) is 19.2 Å². The van der Waals surface area contributed by atoms with Crippen molar-refractivity contribution < 1.29 is 18.6 Å². The lowest BCUT2D eigenvalue weighted by molar-refractivity contribution is 0.281. The number of nitrogens with one attached hydrogen (secondary N) is 1. The van der Waals surface area contributed by atoms with Crippen LogP contribution in [-0.2, 0) is 13.2 Å². The Morgan fingerprint density at radius 2 is 1.68 bits per heavy atom. The van der Waals surface area contributed by atoms with Gasteiger partial charge in [0.15, 0.2) is 11.5 Å². The number of hydrogen-bond donors (Lipinski definition) is 1. The van der Waals surface area contributed by atoms with Crippen molar-refractivity contribution in [3.8, 4) is 17.2 Å². The van der Waals surface area contributed by atoms with E-state index in [0.29, 0.717) is 35.4 Å². The Balaban J connectivity index is 1.75. The second-order valence-electron chi connectivity index (χ2n) is 6.07. The van der Waals surface area contributed by atoms with Crippen molar-refractivity contribution in [3.63, 3.8) is 0 Å². The maximum atomic E-state index is 13.1. The van der Waals surface area contributed by atoms with E-state index >= 15 is 0 Å². The van der Waals surface area contributed by atoms with Crippen LogP contribution in [0, 0.1) is 5.82 Å². The minimum atomic E-state index is -0.274. The van der Waals surface area contributed by atoms with Crippen molar-refractivity contribution in [2.45, 2.75) is 13.2 Å². The topological polar surface area (TPSA) is 39.7 Å². The Bertz CT molecular complexity index is 932. The Labute approximate surface area is 168 Å². The van der Waals surface area contributed by atoms with Gasteiger partial charge in [0.1, 0.15) is 18.2 Å². The fourth-order valence-electron chi connectivity index (χ4n) is 2.73. The molecule has 3 aromatic rings. The highest BCUT2D eigenvalue weighted by molar-refractivity contribution is 6.32. The predicted octanol–water partition coefficient (Wildman–Crippen LogP) is 5.69. The molecule has 0 aliphatic heterocycles. The number of halogens is 2. The Morgan fingerprint density at radius 3 is 2.36 bits per heavy atom. The number of benzene rings is 3. The van der Waals surface area contributed by atoms with E-state index in [-0.39, 0.29) is 5.82 Å². The van der Waals surface area contributed by atoms with E-state index in [1.165, 1.54) is 12.1 Å². The average molecular weight is 402 g/mol. The molecule has 0 amide bonds. The summed E-state index contributed by atoms with van der Waals surface area (Å²) in [7, 11) is 3.18. The monoisotopic (exact) mass is 401 g/mol. The Hall–Kier alpha value is -2.92. The second-order valence-corrected chi connectivity index (χ2v) is 6.47. The third-order valence-electron chi connectivity index (χ3n) is 4.21. The summed E-state index contributed by atoms with van der Waals surface area (Å²) in [5.41, 5.74) is 2.65. The fraction of sp³-hybridized carbons (Fsp3) is 0.182. The molecule has 0 radical (unpaired) electrons. The van der Waals surface area contributed by atoms with Crippen LogP contribution in [0.2, 0.25) is 5.02 Å². The fourth-order valence-corrected chi connectivity index (χ4v) is 2.99. The zero-order valence-electron chi connectivity index (χ0n) is 15.7.